The number of Topliss-reactive ketones (excluding diaryl/α,β-unsaturated/α-hetero) is 1. The van der Waals surface area contributed by atoms with Gasteiger partial charge in [0.25, 0.3) is 0 Å². The lowest BCUT2D eigenvalue weighted by Gasteiger charge is -2.10. The molecule has 0 aliphatic carbocycles. The van der Waals surface area contributed by atoms with E-state index in [1.54, 1.807) is 0 Å². The van der Waals surface area contributed by atoms with Gasteiger partial charge in [0, 0.05) is 6.54 Å². The number of ether oxygens (including phenoxy) is 1. The maximum atomic E-state index is 13.3. The van der Waals surface area contributed by atoms with Crippen molar-refractivity contribution in [2.45, 2.75) is 19.8 Å². The van der Waals surface area contributed by atoms with Gasteiger partial charge in [-0.3, -0.25) is 9.59 Å². The molecule has 1 aromatic heterocycles. The molecule has 0 aliphatic rings. The zero-order valence-corrected chi connectivity index (χ0v) is 10.7. The lowest BCUT2D eigenvalue weighted by molar-refractivity contribution is -0.139. The summed E-state index contributed by atoms with van der Waals surface area (Å²) >= 11 is 0. The molecule has 6 nitrogen and oxygen atoms in total. The molecular formula is C12H15FN2O4. The van der Waals surface area contributed by atoms with Gasteiger partial charge in [0.15, 0.2) is 11.6 Å². The monoisotopic (exact) mass is 270 g/mol. The van der Waals surface area contributed by atoms with E-state index in [0.717, 1.165) is 19.6 Å². The van der Waals surface area contributed by atoms with E-state index in [4.69, 9.17) is 0 Å². The van der Waals surface area contributed by atoms with Gasteiger partial charge in [-0.05, 0) is 12.5 Å². The average molecular weight is 270 g/mol. The van der Waals surface area contributed by atoms with Crippen molar-refractivity contribution in [2.75, 3.05) is 19.0 Å². The number of nitrogens with one attached hydrogen (secondary N) is 1. The average Bonchev–Trinajstić information content (AvgIpc) is 2.39. The van der Waals surface area contributed by atoms with Crippen LogP contribution in [0.1, 0.15) is 30.1 Å². The van der Waals surface area contributed by atoms with Gasteiger partial charge < -0.3 is 15.2 Å². The van der Waals surface area contributed by atoms with E-state index in [9.17, 15) is 19.1 Å². The van der Waals surface area contributed by atoms with Crippen LogP contribution in [-0.4, -0.2) is 35.5 Å². The third-order valence-corrected chi connectivity index (χ3v) is 2.33. The lowest BCUT2D eigenvalue weighted by Crippen LogP contribution is -2.14. The van der Waals surface area contributed by atoms with Gasteiger partial charge in [-0.1, -0.05) is 6.92 Å². The summed E-state index contributed by atoms with van der Waals surface area (Å²) in [6.45, 7) is 2.39. The third-order valence-electron chi connectivity index (χ3n) is 2.33. The Morgan fingerprint density at radius 2 is 2.21 bits per heavy atom. The molecule has 0 unspecified atom stereocenters. The molecule has 0 atom stereocenters. The number of anilines is 1. The van der Waals surface area contributed by atoms with Gasteiger partial charge in [-0.2, -0.15) is 4.98 Å². The highest BCUT2D eigenvalue weighted by atomic mass is 19.1. The largest absolute Gasteiger partial charge is 0.491 e. The quantitative estimate of drug-likeness (QED) is 0.462. The fraction of sp³-hybridized carbons (Fsp3) is 0.417. The Hall–Kier alpha value is -2.18. The summed E-state index contributed by atoms with van der Waals surface area (Å²) in [7, 11) is 1.15. The third kappa shape index (κ3) is 3.90. The zero-order chi connectivity index (χ0) is 14.4. The molecule has 1 aromatic rings. The van der Waals surface area contributed by atoms with E-state index in [-0.39, 0.29) is 11.4 Å². The molecule has 7 heteroatoms. The lowest BCUT2D eigenvalue weighted by atomic mass is 10.1. The summed E-state index contributed by atoms with van der Waals surface area (Å²) < 4.78 is 17.6. The van der Waals surface area contributed by atoms with Crippen molar-refractivity contribution in [3.8, 4) is 5.88 Å². The summed E-state index contributed by atoms with van der Waals surface area (Å²) in [4.78, 5) is 26.4. The van der Waals surface area contributed by atoms with Crippen LogP contribution in [0.5, 0.6) is 5.88 Å². The Labute approximate surface area is 109 Å². The van der Waals surface area contributed by atoms with Crippen molar-refractivity contribution < 1.29 is 23.8 Å². The summed E-state index contributed by atoms with van der Waals surface area (Å²) in [5, 5.41) is 12.0. The molecule has 0 amide bonds. The normalized spacial score (nSPS) is 10.1. The zero-order valence-electron chi connectivity index (χ0n) is 10.7. The van der Waals surface area contributed by atoms with E-state index in [1.165, 1.54) is 0 Å². The number of carbonyl (C=O) groups is 2. The molecule has 0 spiro atoms. The first kappa shape index (κ1) is 14.9. The summed E-state index contributed by atoms with van der Waals surface area (Å²) in [5.74, 6) is -3.12. The van der Waals surface area contributed by atoms with Crippen LogP contribution < -0.4 is 5.32 Å². The fourth-order valence-corrected chi connectivity index (χ4v) is 1.37. The maximum Gasteiger partial charge on any atom is 0.313 e. The first-order valence-corrected chi connectivity index (χ1v) is 5.73. The Morgan fingerprint density at radius 1 is 1.53 bits per heavy atom. The van der Waals surface area contributed by atoms with E-state index in [1.807, 2.05) is 6.92 Å². The van der Waals surface area contributed by atoms with Gasteiger partial charge in [-0.15, -0.1) is 0 Å². The van der Waals surface area contributed by atoms with Crippen LogP contribution >= 0.6 is 0 Å². The van der Waals surface area contributed by atoms with Gasteiger partial charge >= 0.3 is 5.97 Å². The summed E-state index contributed by atoms with van der Waals surface area (Å²) in [6, 6.07) is 0.853. The first-order valence-electron chi connectivity index (χ1n) is 5.73. The van der Waals surface area contributed by atoms with Crippen LogP contribution in [0.15, 0.2) is 6.07 Å². The number of halogens is 1. The number of hydrogen-bond donors (Lipinski definition) is 2. The van der Waals surface area contributed by atoms with Crippen molar-refractivity contribution in [2.24, 2.45) is 0 Å². The van der Waals surface area contributed by atoms with Crippen LogP contribution in [-0.2, 0) is 9.53 Å². The van der Waals surface area contributed by atoms with Crippen LogP contribution in [0.25, 0.3) is 0 Å². The van der Waals surface area contributed by atoms with Crippen LogP contribution in [0.3, 0.4) is 0 Å². The van der Waals surface area contributed by atoms with E-state index < -0.39 is 29.9 Å². The van der Waals surface area contributed by atoms with Gasteiger partial charge in [0.2, 0.25) is 5.88 Å². The van der Waals surface area contributed by atoms with E-state index in [2.05, 4.69) is 15.0 Å². The second-order valence-corrected chi connectivity index (χ2v) is 3.79. The van der Waals surface area contributed by atoms with Crippen molar-refractivity contribution in [1.29, 1.82) is 0 Å². The molecule has 0 saturated carbocycles. The molecular weight excluding hydrogens is 255 g/mol. The number of esters is 1. The van der Waals surface area contributed by atoms with Gasteiger partial charge in [0.05, 0.1) is 12.7 Å². The SMILES string of the molecule is CCCNc1nc(O)c(F)cc1C(=O)CC(=O)OC. The van der Waals surface area contributed by atoms with Crippen molar-refractivity contribution in [3.05, 3.63) is 17.4 Å². The number of ketones is 1. The highest BCUT2D eigenvalue weighted by Crippen LogP contribution is 2.22. The minimum absolute atomic E-state index is 0.0506. The first-order chi connectivity index (χ1) is 8.99. The molecule has 0 aliphatic heterocycles. The number of nitrogens with zero attached hydrogens (tertiary/aromatic N) is 1. The Bertz CT molecular complexity index is 491. The molecule has 19 heavy (non-hydrogen) atoms. The second kappa shape index (κ2) is 6.67. The standard InChI is InChI=1S/C12H15FN2O4/c1-3-4-14-11-7(5-8(13)12(18)15-11)9(16)6-10(17)19-2/h5H,3-4,6H2,1-2H3,(H2,14,15,18). The van der Waals surface area contributed by atoms with Gasteiger partial charge in [-0.25, -0.2) is 4.39 Å². The highest BCUT2D eigenvalue weighted by Gasteiger charge is 2.19. The number of methoxy groups -OCH3 is 1. The Kier molecular flexibility index (Phi) is 5.23. The van der Waals surface area contributed by atoms with Crippen molar-refractivity contribution in [1.82, 2.24) is 4.98 Å². The molecule has 2 N–H and O–H groups in total. The minimum atomic E-state index is -1.02. The predicted octanol–water partition coefficient (Wildman–Crippen LogP) is 1.49. The minimum Gasteiger partial charge on any atom is -0.491 e. The number of pyridine rings is 1. The van der Waals surface area contributed by atoms with Crippen molar-refractivity contribution in [3.63, 3.8) is 0 Å². The van der Waals surface area contributed by atoms with Crippen molar-refractivity contribution >= 4 is 17.6 Å². The molecule has 1 rings (SSSR count). The predicted molar refractivity (Wildman–Crippen MR) is 65.6 cm³/mol. The fourth-order valence-electron chi connectivity index (χ4n) is 1.37. The number of aromatic hydroxyl groups is 1. The van der Waals surface area contributed by atoms with E-state index >= 15 is 0 Å². The van der Waals surface area contributed by atoms with Gasteiger partial charge in [0.1, 0.15) is 12.2 Å². The Morgan fingerprint density at radius 3 is 2.79 bits per heavy atom. The molecule has 0 bridgehead atoms. The number of carbonyl (C=O) groups excluding carboxylic acids is 2. The second-order valence-electron chi connectivity index (χ2n) is 3.79. The summed E-state index contributed by atoms with van der Waals surface area (Å²) in [6.07, 6.45) is 0.244. The molecule has 0 saturated heterocycles. The molecule has 0 radical (unpaired) electrons. The number of rotatable bonds is 6. The highest BCUT2D eigenvalue weighted by molar-refractivity contribution is 6.08. The molecule has 0 fully saturated rings. The number of hydrogen-bond acceptors (Lipinski definition) is 6. The summed E-state index contributed by atoms with van der Waals surface area (Å²) in [5.41, 5.74) is -0.0887. The molecule has 0 aromatic carbocycles. The maximum absolute atomic E-state index is 13.3. The Balaban J connectivity index is 3.05. The number of aromatic nitrogens is 1. The topological polar surface area (TPSA) is 88.5 Å². The van der Waals surface area contributed by atoms with Crippen LogP contribution in [0.2, 0.25) is 0 Å². The molecule has 104 valence electrons. The van der Waals surface area contributed by atoms with E-state index in [0.29, 0.717) is 6.54 Å². The molecule has 1 heterocycles. The van der Waals surface area contributed by atoms with Crippen LogP contribution in [0.4, 0.5) is 10.2 Å². The smallest absolute Gasteiger partial charge is 0.313 e. The van der Waals surface area contributed by atoms with Crippen LogP contribution in [0, 0.1) is 5.82 Å².